The van der Waals surface area contributed by atoms with Crippen LogP contribution in [-0.4, -0.2) is 16.9 Å². The number of carbonyl (C=O) groups excluding carboxylic acids is 2. The van der Waals surface area contributed by atoms with E-state index < -0.39 is 27.8 Å². The van der Waals surface area contributed by atoms with Crippen molar-refractivity contribution in [3.8, 4) is 11.5 Å². The van der Waals surface area contributed by atoms with Gasteiger partial charge in [0.15, 0.2) is 11.4 Å². The molecule has 0 aromatic heterocycles. The fraction of sp³-hybridized carbons (Fsp3) is 0.357. The van der Waals surface area contributed by atoms with Crippen LogP contribution in [0.15, 0.2) is 65.9 Å². The van der Waals surface area contributed by atoms with Gasteiger partial charge in [-0.1, -0.05) is 65.8 Å². The summed E-state index contributed by atoms with van der Waals surface area (Å²) in [5.41, 5.74) is -0.583. The van der Waals surface area contributed by atoms with Crippen molar-refractivity contribution in [2.75, 3.05) is 0 Å². The van der Waals surface area contributed by atoms with Gasteiger partial charge in [-0.3, -0.25) is 4.79 Å². The number of phenols is 1. The molecule has 2 aromatic carbocycles. The average molecular weight is 445 g/mol. The number of aromatic hydroxyl groups is 1. The van der Waals surface area contributed by atoms with Crippen molar-refractivity contribution in [2.24, 2.45) is 16.2 Å². The lowest BCUT2D eigenvalue weighted by Crippen LogP contribution is -2.53. The minimum absolute atomic E-state index is 0.0235. The van der Waals surface area contributed by atoms with Gasteiger partial charge in [0, 0.05) is 28.8 Å². The largest absolute Gasteiger partial charge is 0.508 e. The molecule has 3 aliphatic rings. The van der Waals surface area contributed by atoms with Gasteiger partial charge in [-0.2, -0.15) is 0 Å². The topological polar surface area (TPSA) is 72.8 Å². The molecule has 170 valence electrons. The molecule has 1 unspecified atom stereocenters. The van der Waals surface area contributed by atoms with Gasteiger partial charge >= 0.3 is 5.97 Å². The maximum Gasteiger partial charge on any atom is 0.340 e. The summed E-state index contributed by atoms with van der Waals surface area (Å²) in [7, 11) is 0. The molecule has 2 heterocycles. The van der Waals surface area contributed by atoms with Crippen molar-refractivity contribution in [1.82, 2.24) is 0 Å². The van der Waals surface area contributed by atoms with Gasteiger partial charge in [0.25, 0.3) is 0 Å². The van der Waals surface area contributed by atoms with Crippen LogP contribution in [0, 0.1) is 16.2 Å². The van der Waals surface area contributed by atoms with Crippen molar-refractivity contribution in [3.63, 3.8) is 0 Å². The number of benzene rings is 2. The van der Waals surface area contributed by atoms with E-state index in [9.17, 15) is 14.7 Å². The van der Waals surface area contributed by atoms with Gasteiger partial charge in [0.05, 0.1) is 11.0 Å². The van der Waals surface area contributed by atoms with Crippen molar-refractivity contribution >= 4 is 11.8 Å². The number of esters is 1. The maximum absolute atomic E-state index is 13.8. The van der Waals surface area contributed by atoms with Crippen molar-refractivity contribution < 1.29 is 24.2 Å². The first kappa shape index (κ1) is 21.5. The van der Waals surface area contributed by atoms with E-state index in [-0.39, 0.29) is 11.5 Å². The Morgan fingerprint density at radius 1 is 0.879 bits per heavy atom. The summed E-state index contributed by atoms with van der Waals surface area (Å²) < 4.78 is 12.4. The number of allylic oxidation sites excluding steroid dienone is 2. The zero-order valence-electron chi connectivity index (χ0n) is 19.8. The second kappa shape index (κ2) is 6.37. The molecule has 5 nitrogen and oxygen atoms in total. The molecule has 5 rings (SSSR count). The molecule has 1 N–H and O–H groups in total. The lowest BCUT2D eigenvalue weighted by molar-refractivity contribution is -0.135. The summed E-state index contributed by atoms with van der Waals surface area (Å²) in [4.78, 5) is 26.9. The van der Waals surface area contributed by atoms with Crippen LogP contribution in [0.1, 0.15) is 63.0 Å². The predicted octanol–water partition coefficient (Wildman–Crippen LogP) is 5.67. The molecule has 2 aliphatic heterocycles. The minimum Gasteiger partial charge on any atom is -0.508 e. The monoisotopic (exact) mass is 444 g/mol. The fourth-order valence-corrected chi connectivity index (χ4v) is 6.09. The molecule has 0 bridgehead atoms. The van der Waals surface area contributed by atoms with Crippen LogP contribution in [0.25, 0.3) is 0 Å². The molecule has 0 radical (unpaired) electrons. The van der Waals surface area contributed by atoms with Gasteiger partial charge in [0.2, 0.25) is 0 Å². The van der Waals surface area contributed by atoms with E-state index in [0.29, 0.717) is 33.8 Å². The number of ether oxygens (including phenoxy) is 2. The quantitative estimate of drug-likeness (QED) is 0.530. The van der Waals surface area contributed by atoms with Crippen LogP contribution in [0.5, 0.6) is 11.5 Å². The molecule has 1 spiro atoms. The Hall–Kier alpha value is -3.34. The van der Waals surface area contributed by atoms with E-state index in [1.165, 1.54) is 12.1 Å². The van der Waals surface area contributed by atoms with Crippen molar-refractivity contribution in [2.45, 2.75) is 47.1 Å². The van der Waals surface area contributed by atoms with Gasteiger partial charge in [0.1, 0.15) is 17.3 Å². The molecule has 0 amide bonds. The molecular weight excluding hydrogens is 416 g/mol. The van der Waals surface area contributed by atoms with Gasteiger partial charge < -0.3 is 14.6 Å². The number of ketones is 1. The Kier molecular flexibility index (Phi) is 4.15. The normalized spacial score (nSPS) is 23.1. The molecular formula is C28H28O5. The van der Waals surface area contributed by atoms with Crippen LogP contribution in [0.3, 0.4) is 0 Å². The first-order chi connectivity index (χ1) is 15.3. The molecule has 1 atom stereocenters. The summed E-state index contributed by atoms with van der Waals surface area (Å²) in [6.07, 6.45) is 3.52. The standard InChI is InChI=1S/C28H28O5/c1-25(2,3)27(26(4,5)6)15-20-22(14-23(27)30)32-21-13-16(29)11-12-19(21)28(20)18-10-8-7-9-17(18)24(31)33-28/h7-15,29H,1-6H3. The Balaban J connectivity index is 1.92. The SMILES string of the molecule is CC(C)(C)C1(C(C)(C)C)C=C2C(=CC1=O)Oc1cc(O)ccc1C21OC(=O)c2ccccc21. The third-order valence-electron chi connectivity index (χ3n) is 7.36. The average Bonchev–Trinajstić information content (AvgIpc) is 2.99. The highest BCUT2D eigenvalue weighted by molar-refractivity contribution is 6.02. The van der Waals surface area contributed by atoms with E-state index >= 15 is 0 Å². The second-order valence-electron chi connectivity index (χ2n) is 11.1. The first-order valence-corrected chi connectivity index (χ1v) is 11.2. The Labute approximate surface area is 193 Å². The van der Waals surface area contributed by atoms with Gasteiger partial charge in [-0.05, 0) is 29.0 Å². The van der Waals surface area contributed by atoms with Gasteiger partial charge in [-0.15, -0.1) is 0 Å². The lowest BCUT2D eigenvalue weighted by Gasteiger charge is -2.53. The molecule has 1 aliphatic carbocycles. The lowest BCUT2D eigenvalue weighted by atomic mass is 9.49. The summed E-state index contributed by atoms with van der Waals surface area (Å²) >= 11 is 0. The highest BCUT2D eigenvalue weighted by Gasteiger charge is 2.61. The smallest absolute Gasteiger partial charge is 0.340 e. The first-order valence-electron chi connectivity index (χ1n) is 11.2. The van der Waals surface area contributed by atoms with Crippen molar-refractivity contribution in [1.29, 1.82) is 0 Å². The Morgan fingerprint density at radius 3 is 2.21 bits per heavy atom. The predicted molar refractivity (Wildman–Crippen MR) is 124 cm³/mol. The third kappa shape index (κ3) is 2.59. The maximum atomic E-state index is 13.8. The number of carbonyl (C=O) groups is 2. The van der Waals surface area contributed by atoms with Crippen LogP contribution < -0.4 is 4.74 Å². The summed E-state index contributed by atoms with van der Waals surface area (Å²) in [5.74, 6) is 0.232. The molecule has 33 heavy (non-hydrogen) atoms. The molecule has 0 saturated heterocycles. The highest BCUT2D eigenvalue weighted by atomic mass is 16.6. The number of phenolic OH excluding ortho intramolecular Hbond substituents is 1. The van der Waals surface area contributed by atoms with Crippen LogP contribution >= 0.6 is 0 Å². The molecule has 5 heteroatoms. The number of fused-ring (bicyclic) bond motifs is 6. The molecule has 2 aromatic rings. The van der Waals surface area contributed by atoms with Gasteiger partial charge in [-0.25, -0.2) is 4.79 Å². The number of hydrogen-bond donors (Lipinski definition) is 1. The highest BCUT2D eigenvalue weighted by Crippen LogP contribution is 2.62. The summed E-state index contributed by atoms with van der Waals surface area (Å²) in [6.45, 7) is 12.4. The Morgan fingerprint density at radius 2 is 1.55 bits per heavy atom. The van der Waals surface area contributed by atoms with Crippen molar-refractivity contribution in [3.05, 3.63) is 82.6 Å². The molecule has 0 fully saturated rings. The van der Waals surface area contributed by atoms with Crippen LogP contribution in [-0.2, 0) is 15.1 Å². The van der Waals surface area contributed by atoms with Crippen LogP contribution in [0.4, 0.5) is 0 Å². The van der Waals surface area contributed by atoms with E-state index in [0.717, 1.165) is 0 Å². The number of rotatable bonds is 0. The second-order valence-corrected chi connectivity index (χ2v) is 11.1. The van der Waals surface area contributed by atoms with E-state index in [1.54, 1.807) is 24.3 Å². The molecule has 0 saturated carbocycles. The zero-order valence-corrected chi connectivity index (χ0v) is 19.8. The van der Waals surface area contributed by atoms with Crippen LogP contribution in [0.2, 0.25) is 0 Å². The number of hydrogen-bond acceptors (Lipinski definition) is 5. The summed E-state index contributed by atoms with van der Waals surface area (Å²) in [6, 6.07) is 12.1. The zero-order chi connectivity index (χ0) is 24.0. The van der Waals surface area contributed by atoms with E-state index in [1.807, 2.05) is 18.2 Å². The third-order valence-corrected chi connectivity index (χ3v) is 7.36. The minimum atomic E-state index is -1.27. The fourth-order valence-electron chi connectivity index (χ4n) is 6.09. The van der Waals surface area contributed by atoms with E-state index in [2.05, 4.69) is 41.5 Å². The van der Waals surface area contributed by atoms with E-state index in [4.69, 9.17) is 9.47 Å². The summed E-state index contributed by atoms with van der Waals surface area (Å²) in [5, 5.41) is 10.1. The Bertz CT molecular complexity index is 1270.